The van der Waals surface area contributed by atoms with E-state index in [0.717, 1.165) is 19.6 Å². The van der Waals surface area contributed by atoms with E-state index in [1.807, 2.05) is 13.8 Å². The number of nitrogens with zero attached hydrogens (tertiary/aromatic N) is 1. The predicted molar refractivity (Wildman–Crippen MR) is 66.2 cm³/mol. The number of ether oxygens (including phenoxy) is 1. The number of rotatable bonds is 8. The second-order valence-electron chi connectivity index (χ2n) is 4.43. The van der Waals surface area contributed by atoms with Gasteiger partial charge in [0.2, 0.25) is 0 Å². The zero-order chi connectivity index (χ0) is 12.6. The molecule has 0 aromatic rings. The molecule has 0 unspecified atom stereocenters. The molecule has 0 aromatic carbocycles. The average Bonchev–Trinajstić information content (AvgIpc) is 2.23. The molecule has 0 radical (unpaired) electrons. The summed E-state index contributed by atoms with van der Waals surface area (Å²) in [6, 6.07) is -0.475. The van der Waals surface area contributed by atoms with Crippen molar-refractivity contribution in [2.24, 2.45) is 11.7 Å². The largest absolute Gasteiger partial charge is 0.463 e. The predicted octanol–water partition coefficient (Wildman–Crippen LogP) is 1.24. The van der Waals surface area contributed by atoms with E-state index in [2.05, 4.69) is 18.7 Å². The molecule has 96 valence electrons. The van der Waals surface area contributed by atoms with Gasteiger partial charge in [-0.3, -0.25) is 4.79 Å². The van der Waals surface area contributed by atoms with Crippen molar-refractivity contribution in [3.63, 3.8) is 0 Å². The Hall–Kier alpha value is -0.610. The lowest BCUT2D eigenvalue weighted by molar-refractivity contribution is -0.146. The van der Waals surface area contributed by atoms with Gasteiger partial charge in [0.1, 0.15) is 12.6 Å². The molecule has 0 amide bonds. The molecule has 0 fully saturated rings. The van der Waals surface area contributed by atoms with Crippen molar-refractivity contribution in [1.82, 2.24) is 4.90 Å². The second-order valence-corrected chi connectivity index (χ2v) is 4.43. The molecule has 0 aliphatic heterocycles. The molecule has 0 bridgehead atoms. The van der Waals surface area contributed by atoms with Gasteiger partial charge in [-0.2, -0.15) is 0 Å². The van der Waals surface area contributed by atoms with Crippen LogP contribution < -0.4 is 5.73 Å². The van der Waals surface area contributed by atoms with Crippen molar-refractivity contribution in [2.45, 2.75) is 40.2 Å². The van der Waals surface area contributed by atoms with E-state index >= 15 is 0 Å². The molecular weight excluding hydrogens is 204 g/mol. The fraction of sp³-hybridized carbons (Fsp3) is 0.917. The molecular formula is C12H26N2O2. The van der Waals surface area contributed by atoms with Gasteiger partial charge in [-0.05, 0) is 25.4 Å². The first-order valence-corrected chi connectivity index (χ1v) is 6.15. The summed E-state index contributed by atoms with van der Waals surface area (Å²) in [6.45, 7) is 11.5. The van der Waals surface area contributed by atoms with Gasteiger partial charge in [-0.25, -0.2) is 0 Å². The highest BCUT2D eigenvalue weighted by Crippen LogP contribution is 2.03. The molecule has 2 N–H and O–H groups in total. The van der Waals surface area contributed by atoms with Gasteiger partial charge in [-0.15, -0.1) is 0 Å². The van der Waals surface area contributed by atoms with Crippen LogP contribution in [0.1, 0.15) is 34.1 Å². The molecule has 0 saturated carbocycles. The van der Waals surface area contributed by atoms with Crippen LogP contribution >= 0.6 is 0 Å². The van der Waals surface area contributed by atoms with Crippen LogP contribution in [0.5, 0.6) is 0 Å². The van der Waals surface area contributed by atoms with Crippen LogP contribution in [-0.2, 0) is 9.53 Å². The number of likely N-dealkylation sites (N-methyl/N-ethyl adjacent to an activating group) is 1. The first-order chi connectivity index (χ1) is 7.51. The van der Waals surface area contributed by atoms with Gasteiger partial charge >= 0.3 is 5.97 Å². The Morgan fingerprint density at radius 2 is 1.88 bits per heavy atom. The maximum atomic E-state index is 11.5. The van der Waals surface area contributed by atoms with Crippen molar-refractivity contribution in [2.75, 3.05) is 26.2 Å². The Bertz CT molecular complexity index is 191. The van der Waals surface area contributed by atoms with Crippen LogP contribution in [0, 0.1) is 5.92 Å². The summed E-state index contributed by atoms with van der Waals surface area (Å²) in [7, 11) is 0. The van der Waals surface area contributed by atoms with Crippen LogP contribution in [0.4, 0.5) is 0 Å². The first kappa shape index (κ1) is 15.4. The molecule has 0 aliphatic carbocycles. The second kappa shape index (κ2) is 8.53. The Morgan fingerprint density at radius 3 is 2.31 bits per heavy atom. The van der Waals surface area contributed by atoms with Crippen molar-refractivity contribution in [3.8, 4) is 0 Å². The van der Waals surface area contributed by atoms with Crippen LogP contribution in [-0.4, -0.2) is 43.2 Å². The van der Waals surface area contributed by atoms with Gasteiger partial charge in [0.15, 0.2) is 0 Å². The van der Waals surface area contributed by atoms with E-state index in [0.29, 0.717) is 18.9 Å². The number of hydrogen-bond donors (Lipinski definition) is 1. The lowest BCUT2D eigenvalue weighted by atomic mass is 10.1. The molecule has 4 nitrogen and oxygen atoms in total. The highest BCUT2D eigenvalue weighted by atomic mass is 16.5. The smallest absolute Gasteiger partial charge is 0.322 e. The van der Waals surface area contributed by atoms with E-state index in [9.17, 15) is 4.79 Å². The topological polar surface area (TPSA) is 55.6 Å². The number of esters is 1. The lowest BCUT2D eigenvalue weighted by Gasteiger charge is -2.19. The third kappa shape index (κ3) is 6.80. The van der Waals surface area contributed by atoms with Crippen LogP contribution in [0.25, 0.3) is 0 Å². The van der Waals surface area contributed by atoms with E-state index in [-0.39, 0.29) is 5.97 Å². The summed E-state index contributed by atoms with van der Waals surface area (Å²) >= 11 is 0. The normalized spacial score (nSPS) is 13.2. The quantitative estimate of drug-likeness (QED) is 0.638. The fourth-order valence-corrected chi connectivity index (χ4v) is 1.53. The average molecular weight is 230 g/mol. The Labute approximate surface area is 99.1 Å². The van der Waals surface area contributed by atoms with Crippen LogP contribution in [0.15, 0.2) is 0 Å². The van der Waals surface area contributed by atoms with E-state index in [4.69, 9.17) is 10.5 Å². The van der Waals surface area contributed by atoms with Gasteiger partial charge < -0.3 is 15.4 Å². The van der Waals surface area contributed by atoms with Crippen molar-refractivity contribution in [3.05, 3.63) is 0 Å². The first-order valence-electron chi connectivity index (χ1n) is 6.15. The van der Waals surface area contributed by atoms with Gasteiger partial charge in [0.05, 0.1) is 0 Å². The minimum atomic E-state index is -0.475. The van der Waals surface area contributed by atoms with Gasteiger partial charge in [0.25, 0.3) is 0 Å². The summed E-state index contributed by atoms with van der Waals surface area (Å²) in [5, 5.41) is 0. The Balaban J connectivity index is 3.72. The summed E-state index contributed by atoms with van der Waals surface area (Å²) in [4.78, 5) is 13.7. The summed E-state index contributed by atoms with van der Waals surface area (Å²) in [5.41, 5.74) is 5.71. The maximum absolute atomic E-state index is 11.5. The van der Waals surface area contributed by atoms with E-state index in [1.54, 1.807) is 0 Å². The van der Waals surface area contributed by atoms with Gasteiger partial charge in [-0.1, -0.05) is 27.7 Å². The molecule has 16 heavy (non-hydrogen) atoms. The number of hydrogen-bond acceptors (Lipinski definition) is 4. The van der Waals surface area contributed by atoms with Crippen molar-refractivity contribution < 1.29 is 9.53 Å². The van der Waals surface area contributed by atoms with Crippen LogP contribution in [0.2, 0.25) is 0 Å². The molecule has 0 heterocycles. The fourth-order valence-electron chi connectivity index (χ4n) is 1.53. The summed E-state index contributed by atoms with van der Waals surface area (Å²) in [5.74, 6) is 0.145. The standard InChI is InChI=1S/C12H26N2O2/c1-5-14(6-2)7-8-16-12(15)11(13)9-10(3)4/h10-11H,5-9,13H2,1-4H3/t11-/m0/s1. The number of carbonyl (C=O) groups is 1. The Morgan fingerprint density at radius 1 is 1.31 bits per heavy atom. The summed E-state index contributed by atoms with van der Waals surface area (Å²) < 4.78 is 5.13. The maximum Gasteiger partial charge on any atom is 0.322 e. The third-order valence-corrected chi connectivity index (χ3v) is 2.57. The minimum Gasteiger partial charge on any atom is -0.463 e. The molecule has 4 heteroatoms. The number of carbonyl (C=O) groups excluding carboxylic acids is 1. The van der Waals surface area contributed by atoms with Crippen LogP contribution in [0.3, 0.4) is 0 Å². The van der Waals surface area contributed by atoms with Crippen molar-refractivity contribution in [1.29, 1.82) is 0 Å². The van der Waals surface area contributed by atoms with Gasteiger partial charge in [0, 0.05) is 6.54 Å². The lowest BCUT2D eigenvalue weighted by Crippen LogP contribution is -2.35. The number of nitrogens with two attached hydrogens (primary N) is 1. The molecule has 0 saturated heterocycles. The zero-order valence-corrected chi connectivity index (χ0v) is 11.0. The molecule has 1 atom stereocenters. The third-order valence-electron chi connectivity index (χ3n) is 2.57. The van der Waals surface area contributed by atoms with E-state index < -0.39 is 6.04 Å². The molecule has 0 spiro atoms. The molecule has 0 aromatic heterocycles. The minimum absolute atomic E-state index is 0.277. The highest BCUT2D eigenvalue weighted by Gasteiger charge is 2.16. The Kier molecular flexibility index (Phi) is 8.21. The highest BCUT2D eigenvalue weighted by molar-refractivity contribution is 5.75. The zero-order valence-electron chi connectivity index (χ0n) is 11.0. The monoisotopic (exact) mass is 230 g/mol. The summed E-state index contributed by atoms with van der Waals surface area (Å²) in [6.07, 6.45) is 0.685. The van der Waals surface area contributed by atoms with Crippen molar-refractivity contribution >= 4 is 5.97 Å². The molecule has 0 aliphatic rings. The SMILES string of the molecule is CCN(CC)CCOC(=O)[C@@H](N)CC(C)C. The molecule has 0 rings (SSSR count). The van der Waals surface area contributed by atoms with E-state index in [1.165, 1.54) is 0 Å².